The molecule has 1 aromatic carbocycles. The third-order valence-electron chi connectivity index (χ3n) is 7.37. The molecule has 2 saturated heterocycles. The van der Waals surface area contributed by atoms with Gasteiger partial charge in [-0.15, -0.1) is 0 Å². The fourth-order valence-electron chi connectivity index (χ4n) is 6.42. The monoisotopic (exact) mass is 368 g/mol. The fraction of sp³-hybridized carbons (Fsp3) is 0.591. The number of ether oxygens (including phenoxy) is 2. The van der Waals surface area contributed by atoms with E-state index in [1.807, 2.05) is 6.07 Å². The van der Waals surface area contributed by atoms with Gasteiger partial charge in [0.1, 0.15) is 11.2 Å². The van der Waals surface area contributed by atoms with E-state index in [4.69, 9.17) is 9.47 Å². The van der Waals surface area contributed by atoms with Gasteiger partial charge in [0.2, 0.25) is 0 Å². The lowest BCUT2D eigenvalue weighted by molar-refractivity contribution is -0.162. The van der Waals surface area contributed by atoms with Gasteiger partial charge in [-0.2, -0.15) is 0 Å². The smallest absolute Gasteiger partial charge is 0.319 e. The maximum Gasteiger partial charge on any atom is 0.319 e. The molecule has 5 nitrogen and oxygen atoms in total. The number of hydrogen-bond acceptors (Lipinski definition) is 4. The quantitative estimate of drug-likeness (QED) is 0.845. The van der Waals surface area contributed by atoms with Crippen LogP contribution < -0.4 is 4.74 Å². The summed E-state index contributed by atoms with van der Waals surface area (Å²) < 4.78 is 10.9. The summed E-state index contributed by atoms with van der Waals surface area (Å²) in [5.74, 6) is 1.90. The number of carbonyl (C=O) groups is 1. The lowest BCUT2D eigenvalue weighted by Crippen LogP contribution is -2.67. The average molecular weight is 368 g/mol. The summed E-state index contributed by atoms with van der Waals surface area (Å²) >= 11 is 0. The first kappa shape index (κ1) is 17.1. The molecule has 2 unspecified atom stereocenters. The lowest BCUT2D eigenvalue weighted by atomic mass is 9.56. The molecule has 0 spiro atoms. The van der Waals surface area contributed by atoms with Crippen LogP contribution in [0.4, 0.5) is 0 Å². The molecule has 4 aliphatic rings. The van der Waals surface area contributed by atoms with Crippen molar-refractivity contribution in [3.8, 4) is 5.75 Å². The SMILES string of the molecule is CC[C@H]1CC2CN3CCc4c([nH]c5ccc(OC)cc45)[C@](C(=O)OC)(C2)[C@H]13. The number of aromatic nitrogens is 1. The molecule has 5 atom stereocenters. The van der Waals surface area contributed by atoms with E-state index >= 15 is 0 Å². The number of methoxy groups -OCH3 is 2. The van der Waals surface area contributed by atoms with E-state index in [2.05, 4.69) is 28.9 Å². The van der Waals surface area contributed by atoms with Crippen LogP contribution in [0.5, 0.6) is 5.75 Å². The molecule has 5 heteroatoms. The molecule has 0 radical (unpaired) electrons. The fourth-order valence-corrected chi connectivity index (χ4v) is 6.42. The highest BCUT2D eigenvalue weighted by Crippen LogP contribution is 2.55. The molecule has 144 valence electrons. The first-order valence-electron chi connectivity index (χ1n) is 10.1. The highest BCUT2D eigenvalue weighted by molar-refractivity contribution is 5.92. The first-order valence-corrected chi connectivity index (χ1v) is 10.1. The van der Waals surface area contributed by atoms with Crippen LogP contribution in [0.3, 0.4) is 0 Å². The summed E-state index contributed by atoms with van der Waals surface area (Å²) in [4.78, 5) is 19.6. The van der Waals surface area contributed by atoms with Crippen molar-refractivity contribution in [2.75, 3.05) is 27.3 Å². The van der Waals surface area contributed by atoms with Crippen LogP contribution in [0, 0.1) is 11.8 Å². The predicted molar refractivity (Wildman–Crippen MR) is 104 cm³/mol. The number of aromatic amines is 1. The minimum atomic E-state index is -0.575. The number of H-pyrrole nitrogens is 1. The van der Waals surface area contributed by atoms with Gasteiger partial charge in [0.25, 0.3) is 0 Å². The van der Waals surface area contributed by atoms with E-state index < -0.39 is 5.41 Å². The van der Waals surface area contributed by atoms with Gasteiger partial charge in [-0.3, -0.25) is 9.69 Å². The van der Waals surface area contributed by atoms with Crippen LogP contribution in [-0.4, -0.2) is 49.2 Å². The Labute approximate surface area is 160 Å². The van der Waals surface area contributed by atoms with Crippen molar-refractivity contribution in [2.24, 2.45) is 11.8 Å². The molecular formula is C22H28N2O3. The number of carbonyl (C=O) groups excluding carboxylic acids is 1. The van der Waals surface area contributed by atoms with Crippen molar-refractivity contribution in [2.45, 2.75) is 44.1 Å². The van der Waals surface area contributed by atoms with Gasteiger partial charge < -0.3 is 14.5 Å². The zero-order chi connectivity index (χ0) is 18.8. The minimum Gasteiger partial charge on any atom is -0.497 e. The van der Waals surface area contributed by atoms with Crippen LogP contribution >= 0.6 is 0 Å². The summed E-state index contributed by atoms with van der Waals surface area (Å²) in [5, 5.41) is 1.19. The Bertz CT molecular complexity index is 904. The van der Waals surface area contributed by atoms with E-state index in [9.17, 15) is 4.79 Å². The van der Waals surface area contributed by atoms with Gasteiger partial charge >= 0.3 is 5.97 Å². The Kier molecular flexibility index (Phi) is 3.80. The van der Waals surface area contributed by atoms with Crippen LogP contribution in [0.1, 0.15) is 37.4 Å². The summed E-state index contributed by atoms with van der Waals surface area (Å²) in [6.07, 6.45) is 4.20. The normalized spacial score (nSPS) is 34.2. The zero-order valence-electron chi connectivity index (χ0n) is 16.4. The van der Waals surface area contributed by atoms with Crippen LogP contribution in [0.2, 0.25) is 0 Å². The first-order chi connectivity index (χ1) is 13.1. The molecule has 27 heavy (non-hydrogen) atoms. The van der Waals surface area contributed by atoms with E-state index in [1.165, 1.54) is 17.4 Å². The summed E-state index contributed by atoms with van der Waals surface area (Å²) in [6.45, 7) is 4.39. The number of hydrogen-bond donors (Lipinski definition) is 1. The number of benzene rings is 1. The van der Waals surface area contributed by atoms with Crippen molar-refractivity contribution in [1.29, 1.82) is 0 Å². The van der Waals surface area contributed by atoms with Gasteiger partial charge in [-0.1, -0.05) is 13.3 Å². The summed E-state index contributed by atoms with van der Waals surface area (Å²) in [6, 6.07) is 6.40. The summed E-state index contributed by atoms with van der Waals surface area (Å²) in [7, 11) is 3.24. The maximum atomic E-state index is 13.4. The van der Waals surface area contributed by atoms with Gasteiger partial charge in [0.15, 0.2) is 0 Å². The van der Waals surface area contributed by atoms with E-state index in [0.717, 1.165) is 49.3 Å². The second-order valence-electron chi connectivity index (χ2n) is 8.52. The van der Waals surface area contributed by atoms with Crippen molar-refractivity contribution in [3.05, 3.63) is 29.5 Å². The third-order valence-corrected chi connectivity index (χ3v) is 7.37. The zero-order valence-corrected chi connectivity index (χ0v) is 16.4. The third kappa shape index (κ3) is 2.18. The van der Waals surface area contributed by atoms with Gasteiger partial charge in [-0.25, -0.2) is 0 Å². The van der Waals surface area contributed by atoms with Crippen LogP contribution in [0.15, 0.2) is 18.2 Å². The molecule has 1 saturated carbocycles. The second-order valence-corrected chi connectivity index (χ2v) is 8.52. The van der Waals surface area contributed by atoms with Crippen molar-refractivity contribution >= 4 is 16.9 Å². The molecule has 4 heterocycles. The highest BCUT2D eigenvalue weighted by atomic mass is 16.5. The Morgan fingerprint density at radius 1 is 1.37 bits per heavy atom. The largest absolute Gasteiger partial charge is 0.497 e. The second kappa shape index (κ2) is 5.99. The number of rotatable bonds is 3. The molecule has 4 bridgehead atoms. The summed E-state index contributed by atoms with van der Waals surface area (Å²) in [5.41, 5.74) is 2.90. The van der Waals surface area contributed by atoms with Gasteiger partial charge in [-0.05, 0) is 54.9 Å². The Hall–Kier alpha value is -2.01. The molecule has 0 amide bonds. The Morgan fingerprint density at radius 3 is 2.96 bits per heavy atom. The lowest BCUT2D eigenvalue weighted by Gasteiger charge is -2.57. The molecule has 1 aromatic heterocycles. The van der Waals surface area contributed by atoms with E-state index in [1.54, 1.807) is 14.2 Å². The molecule has 1 aliphatic carbocycles. The number of esters is 1. The number of piperidine rings is 2. The molecular weight excluding hydrogens is 340 g/mol. The Morgan fingerprint density at radius 2 is 2.22 bits per heavy atom. The van der Waals surface area contributed by atoms with Crippen LogP contribution in [0.25, 0.3) is 10.9 Å². The number of fused-ring (bicyclic) bond motifs is 4. The van der Waals surface area contributed by atoms with E-state index in [0.29, 0.717) is 11.8 Å². The minimum absolute atomic E-state index is 0.0676. The highest BCUT2D eigenvalue weighted by Gasteiger charge is 2.62. The van der Waals surface area contributed by atoms with Gasteiger partial charge in [0, 0.05) is 35.7 Å². The van der Waals surface area contributed by atoms with Crippen LogP contribution in [-0.2, 0) is 21.4 Å². The standard InChI is InChI=1S/C22H28N2O3/c1-4-14-9-13-11-22(21(25)27-3)19-16(7-8-24(12-13)20(14)22)17-10-15(26-2)5-6-18(17)23-19/h5-6,10,13-14,20,23H,4,7-9,11-12H2,1-3H3/t13?,14-,20-,22+/m0/s1. The topological polar surface area (TPSA) is 54.6 Å². The number of nitrogens with one attached hydrogen (secondary N) is 1. The molecule has 2 aromatic rings. The van der Waals surface area contributed by atoms with E-state index in [-0.39, 0.29) is 12.0 Å². The predicted octanol–water partition coefficient (Wildman–Crippen LogP) is 3.26. The molecule has 6 rings (SSSR count). The molecule has 1 N–H and O–H groups in total. The average Bonchev–Trinajstić information content (AvgIpc) is 3.04. The van der Waals surface area contributed by atoms with Gasteiger partial charge in [0.05, 0.1) is 14.2 Å². The molecule has 3 fully saturated rings. The maximum absolute atomic E-state index is 13.4. The van der Waals surface area contributed by atoms with Crippen molar-refractivity contribution in [1.82, 2.24) is 9.88 Å². The molecule has 3 aliphatic heterocycles. The van der Waals surface area contributed by atoms with Crippen molar-refractivity contribution < 1.29 is 14.3 Å². The van der Waals surface area contributed by atoms with Crippen molar-refractivity contribution in [3.63, 3.8) is 0 Å². The number of nitrogens with zero attached hydrogens (tertiary/aromatic N) is 1. The Balaban J connectivity index is 1.79.